The topological polar surface area (TPSA) is 61.7 Å². The van der Waals surface area contributed by atoms with E-state index >= 15 is 0 Å². The van der Waals surface area contributed by atoms with Crippen LogP contribution in [-0.4, -0.2) is 22.9 Å². The van der Waals surface area contributed by atoms with E-state index in [1.165, 1.54) is 6.07 Å². The molecule has 0 unspecified atom stereocenters. The minimum atomic E-state index is -4.43. The minimum Gasteiger partial charge on any atom is -0.508 e. The van der Waals surface area contributed by atoms with Gasteiger partial charge in [-0.25, -0.2) is 0 Å². The molecule has 2 aromatic rings. The number of aliphatic hydroxyl groups excluding tert-OH is 1. The molecular weight excluding hydrogens is 359 g/mol. The molecule has 144 valence electrons. The highest BCUT2D eigenvalue weighted by Gasteiger charge is 2.43. The molecule has 4 nitrogen and oxygen atoms in total. The van der Waals surface area contributed by atoms with E-state index in [-0.39, 0.29) is 24.3 Å². The molecule has 27 heavy (non-hydrogen) atoms. The summed E-state index contributed by atoms with van der Waals surface area (Å²) in [5.74, 6) is 0.0274. The van der Waals surface area contributed by atoms with Gasteiger partial charge in [0.15, 0.2) is 0 Å². The van der Waals surface area contributed by atoms with Crippen LogP contribution in [0.4, 0.5) is 18.9 Å². The molecule has 3 N–H and O–H groups in total. The van der Waals surface area contributed by atoms with E-state index in [2.05, 4.69) is 5.32 Å². The molecule has 4 atom stereocenters. The maximum Gasteiger partial charge on any atom is 0.416 e. The number of phenolic OH excluding ortho intramolecular Hbond substituents is 1. The van der Waals surface area contributed by atoms with E-state index in [9.17, 15) is 23.4 Å². The van der Waals surface area contributed by atoms with Gasteiger partial charge in [-0.05, 0) is 48.7 Å². The molecule has 0 amide bonds. The van der Waals surface area contributed by atoms with Crippen LogP contribution in [0.2, 0.25) is 0 Å². The Bertz CT molecular complexity index is 839. The lowest BCUT2D eigenvalue weighted by atomic mass is 9.76. The van der Waals surface area contributed by atoms with Crippen LogP contribution in [0.15, 0.2) is 42.5 Å². The fraction of sp³-hybridized carbons (Fsp3) is 0.400. The predicted molar refractivity (Wildman–Crippen MR) is 93.3 cm³/mol. The Morgan fingerprint density at radius 3 is 2.63 bits per heavy atom. The number of halogens is 3. The molecule has 7 heteroatoms. The summed E-state index contributed by atoms with van der Waals surface area (Å²) in [4.78, 5) is 0. The number of benzene rings is 2. The third kappa shape index (κ3) is 3.37. The number of fused-ring (bicyclic) bond motifs is 3. The van der Waals surface area contributed by atoms with Crippen molar-refractivity contribution in [3.8, 4) is 5.75 Å². The van der Waals surface area contributed by atoms with Crippen LogP contribution in [-0.2, 0) is 10.9 Å². The van der Waals surface area contributed by atoms with E-state index in [0.717, 1.165) is 17.7 Å². The predicted octanol–water partition coefficient (Wildman–Crippen LogP) is 4.41. The first kappa shape index (κ1) is 18.1. The van der Waals surface area contributed by atoms with Gasteiger partial charge in [-0.1, -0.05) is 12.1 Å². The highest BCUT2D eigenvalue weighted by molar-refractivity contribution is 5.59. The summed E-state index contributed by atoms with van der Waals surface area (Å²) in [7, 11) is 0. The van der Waals surface area contributed by atoms with Gasteiger partial charge in [0.2, 0.25) is 0 Å². The lowest BCUT2D eigenvalue weighted by molar-refractivity contribution is -0.138. The summed E-state index contributed by atoms with van der Waals surface area (Å²) in [5.41, 5.74) is 1.18. The zero-order valence-electron chi connectivity index (χ0n) is 14.4. The molecule has 1 fully saturated rings. The number of aliphatic hydroxyl groups is 1. The van der Waals surface area contributed by atoms with Crippen molar-refractivity contribution in [1.82, 2.24) is 0 Å². The Morgan fingerprint density at radius 1 is 1.11 bits per heavy atom. The SMILES string of the molecule is OC[C@H]1CC[C@@H]2[C@H](O1)c1cc(C(F)(F)F)ccc1N[C@H]2c1cccc(O)c1. The van der Waals surface area contributed by atoms with E-state index < -0.39 is 23.9 Å². The number of anilines is 1. The van der Waals surface area contributed by atoms with Gasteiger partial charge in [-0.3, -0.25) is 0 Å². The fourth-order valence-corrected chi connectivity index (χ4v) is 4.11. The second-order valence-electron chi connectivity index (χ2n) is 7.12. The van der Waals surface area contributed by atoms with Gasteiger partial charge in [0.1, 0.15) is 5.75 Å². The number of rotatable bonds is 2. The number of alkyl halides is 3. The number of hydrogen-bond donors (Lipinski definition) is 3. The van der Waals surface area contributed by atoms with Crippen LogP contribution >= 0.6 is 0 Å². The third-order valence-corrected chi connectivity index (χ3v) is 5.41. The van der Waals surface area contributed by atoms with Crippen molar-refractivity contribution in [2.45, 2.75) is 37.3 Å². The first-order chi connectivity index (χ1) is 12.9. The lowest BCUT2D eigenvalue weighted by Crippen LogP contribution is -2.40. The lowest BCUT2D eigenvalue weighted by Gasteiger charge is -2.45. The van der Waals surface area contributed by atoms with Crippen LogP contribution in [0.3, 0.4) is 0 Å². The number of hydrogen-bond acceptors (Lipinski definition) is 4. The van der Waals surface area contributed by atoms with Crippen LogP contribution in [0.25, 0.3) is 0 Å². The highest BCUT2D eigenvalue weighted by Crippen LogP contribution is 2.51. The summed E-state index contributed by atoms with van der Waals surface area (Å²) < 4.78 is 45.5. The largest absolute Gasteiger partial charge is 0.508 e. The molecule has 2 heterocycles. The monoisotopic (exact) mass is 379 g/mol. The van der Waals surface area contributed by atoms with Gasteiger partial charge in [0.25, 0.3) is 0 Å². The van der Waals surface area contributed by atoms with Gasteiger partial charge < -0.3 is 20.3 Å². The summed E-state index contributed by atoms with van der Waals surface area (Å²) >= 11 is 0. The van der Waals surface area contributed by atoms with Crippen molar-refractivity contribution in [3.63, 3.8) is 0 Å². The Kier molecular flexibility index (Phi) is 4.52. The van der Waals surface area contributed by atoms with Crippen molar-refractivity contribution in [3.05, 3.63) is 59.2 Å². The highest BCUT2D eigenvalue weighted by atomic mass is 19.4. The van der Waals surface area contributed by atoms with Crippen molar-refractivity contribution in [2.24, 2.45) is 5.92 Å². The standard InChI is InChI=1S/C20H20F3NO3/c21-20(22,23)12-4-7-17-16(9-12)19-15(6-5-14(10-25)27-19)18(24-17)11-2-1-3-13(26)8-11/h1-4,7-9,14-15,18-19,24-26H,5-6,10H2/t14-,15+,18+,19+/m1/s1. The molecule has 0 spiro atoms. The Morgan fingerprint density at radius 2 is 1.93 bits per heavy atom. The third-order valence-electron chi connectivity index (χ3n) is 5.41. The average molecular weight is 379 g/mol. The van der Waals surface area contributed by atoms with Gasteiger partial charge >= 0.3 is 6.18 Å². The van der Waals surface area contributed by atoms with Crippen LogP contribution in [0, 0.1) is 5.92 Å². The zero-order valence-corrected chi connectivity index (χ0v) is 14.4. The molecule has 0 bridgehead atoms. The fourth-order valence-electron chi connectivity index (χ4n) is 4.11. The first-order valence-corrected chi connectivity index (χ1v) is 8.90. The zero-order chi connectivity index (χ0) is 19.2. The maximum atomic E-state index is 13.2. The van der Waals surface area contributed by atoms with Gasteiger partial charge in [-0.15, -0.1) is 0 Å². The summed E-state index contributed by atoms with van der Waals surface area (Å²) in [6, 6.07) is 10.3. The first-order valence-electron chi connectivity index (χ1n) is 8.90. The molecule has 0 saturated carbocycles. The van der Waals surface area contributed by atoms with Crippen LogP contribution < -0.4 is 5.32 Å². The van der Waals surface area contributed by atoms with Crippen molar-refractivity contribution >= 4 is 5.69 Å². The Hall–Kier alpha value is -2.25. The Balaban J connectivity index is 1.78. The van der Waals surface area contributed by atoms with Crippen LogP contribution in [0.1, 0.15) is 41.7 Å². The number of phenols is 1. The smallest absolute Gasteiger partial charge is 0.416 e. The maximum absolute atomic E-state index is 13.2. The molecule has 0 radical (unpaired) electrons. The molecule has 1 saturated heterocycles. The van der Waals surface area contributed by atoms with Crippen molar-refractivity contribution < 1.29 is 28.1 Å². The molecule has 2 aliphatic rings. The summed E-state index contributed by atoms with van der Waals surface area (Å²) in [6.45, 7) is -0.165. The number of nitrogens with one attached hydrogen (secondary N) is 1. The van der Waals surface area contributed by atoms with Gasteiger partial charge in [0, 0.05) is 17.2 Å². The summed E-state index contributed by atoms with van der Waals surface area (Å²) in [6.07, 6.45) is -4.06. The average Bonchev–Trinajstić information content (AvgIpc) is 2.65. The molecule has 0 aliphatic carbocycles. The van der Waals surface area contributed by atoms with Crippen molar-refractivity contribution in [2.75, 3.05) is 11.9 Å². The summed E-state index contributed by atoms with van der Waals surface area (Å²) in [5, 5.41) is 22.6. The number of ether oxygens (including phenoxy) is 1. The number of aromatic hydroxyl groups is 1. The van der Waals surface area contributed by atoms with Gasteiger partial charge in [-0.2, -0.15) is 13.2 Å². The second-order valence-corrected chi connectivity index (χ2v) is 7.12. The van der Waals surface area contributed by atoms with Crippen molar-refractivity contribution in [1.29, 1.82) is 0 Å². The van der Waals surface area contributed by atoms with E-state index in [0.29, 0.717) is 24.1 Å². The quantitative estimate of drug-likeness (QED) is 0.724. The van der Waals surface area contributed by atoms with Gasteiger partial charge in [0.05, 0.1) is 30.4 Å². The molecule has 2 aromatic carbocycles. The minimum absolute atomic E-state index is 0.106. The normalized spacial score (nSPS) is 27.4. The molecular formula is C20H20F3NO3. The molecule has 2 aliphatic heterocycles. The van der Waals surface area contributed by atoms with E-state index in [1.807, 2.05) is 6.07 Å². The Labute approximate surface area is 154 Å². The van der Waals surface area contributed by atoms with Crippen LogP contribution in [0.5, 0.6) is 5.75 Å². The molecule has 4 rings (SSSR count). The second kappa shape index (κ2) is 6.73. The van der Waals surface area contributed by atoms with E-state index in [1.54, 1.807) is 18.2 Å². The molecule has 0 aromatic heterocycles. The van der Waals surface area contributed by atoms with E-state index in [4.69, 9.17) is 4.74 Å².